The Balaban J connectivity index is 1.90. The SMILES string of the molecule is CC(=O)N1CCCC1c1cccnc1N1CCOCC1. The molecule has 2 fully saturated rings. The van der Waals surface area contributed by atoms with Crippen LogP contribution in [0.5, 0.6) is 0 Å². The van der Waals surface area contributed by atoms with Crippen LogP contribution in [0.2, 0.25) is 0 Å². The molecule has 2 saturated heterocycles. The largest absolute Gasteiger partial charge is 0.378 e. The second kappa shape index (κ2) is 5.79. The number of likely N-dealkylation sites (tertiary alicyclic amines) is 1. The van der Waals surface area contributed by atoms with E-state index in [0.717, 1.165) is 51.5 Å². The van der Waals surface area contributed by atoms with E-state index in [2.05, 4.69) is 16.0 Å². The fraction of sp³-hybridized carbons (Fsp3) is 0.600. The zero-order chi connectivity index (χ0) is 13.9. The van der Waals surface area contributed by atoms with Crippen LogP contribution in [0.15, 0.2) is 18.3 Å². The van der Waals surface area contributed by atoms with Crippen molar-refractivity contribution in [2.75, 3.05) is 37.7 Å². The zero-order valence-electron chi connectivity index (χ0n) is 11.9. The van der Waals surface area contributed by atoms with Crippen molar-refractivity contribution in [2.24, 2.45) is 0 Å². The summed E-state index contributed by atoms with van der Waals surface area (Å²) in [6, 6.07) is 4.26. The summed E-state index contributed by atoms with van der Waals surface area (Å²) in [6.45, 7) is 5.75. The van der Waals surface area contributed by atoms with Gasteiger partial charge in [-0.1, -0.05) is 6.07 Å². The minimum absolute atomic E-state index is 0.157. The first-order chi connectivity index (χ1) is 9.77. The van der Waals surface area contributed by atoms with Gasteiger partial charge in [0.15, 0.2) is 0 Å². The Morgan fingerprint density at radius 1 is 1.35 bits per heavy atom. The number of anilines is 1. The summed E-state index contributed by atoms with van der Waals surface area (Å²) in [5, 5.41) is 0. The van der Waals surface area contributed by atoms with Gasteiger partial charge in [0, 0.05) is 38.3 Å². The summed E-state index contributed by atoms with van der Waals surface area (Å²) in [5.41, 5.74) is 1.18. The van der Waals surface area contributed by atoms with Crippen LogP contribution >= 0.6 is 0 Å². The van der Waals surface area contributed by atoms with Crippen LogP contribution in [0.3, 0.4) is 0 Å². The lowest BCUT2D eigenvalue weighted by Crippen LogP contribution is -2.38. The maximum atomic E-state index is 11.8. The fourth-order valence-electron chi connectivity index (χ4n) is 3.18. The normalized spacial score (nSPS) is 23.1. The number of nitrogens with zero attached hydrogens (tertiary/aromatic N) is 3. The number of carbonyl (C=O) groups excluding carboxylic acids is 1. The van der Waals surface area contributed by atoms with Crippen LogP contribution in [0.25, 0.3) is 0 Å². The average molecular weight is 275 g/mol. The molecular weight excluding hydrogens is 254 g/mol. The van der Waals surface area contributed by atoms with Crippen molar-refractivity contribution < 1.29 is 9.53 Å². The number of hydrogen-bond acceptors (Lipinski definition) is 4. The molecule has 0 saturated carbocycles. The molecule has 1 amide bonds. The number of hydrogen-bond donors (Lipinski definition) is 0. The van der Waals surface area contributed by atoms with E-state index in [9.17, 15) is 4.79 Å². The minimum atomic E-state index is 0.157. The zero-order valence-corrected chi connectivity index (χ0v) is 11.9. The van der Waals surface area contributed by atoms with E-state index >= 15 is 0 Å². The van der Waals surface area contributed by atoms with Gasteiger partial charge in [-0.25, -0.2) is 4.98 Å². The molecule has 0 aromatic carbocycles. The number of rotatable bonds is 2. The second-order valence-electron chi connectivity index (χ2n) is 5.39. The second-order valence-corrected chi connectivity index (χ2v) is 5.39. The van der Waals surface area contributed by atoms with Crippen molar-refractivity contribution in [3.05, 3.63) is 23.9 Å². The molecule has 2 aliphatic heterocycles. The minimum Gasteiger partial charge on any atom is -0.378 e. The van der Waals surface area contributed by atoms with E-state index < -0.39 is 0 Å². The van der Waals surface area contributed by atoms with Gasteiger partial charge < -0.3 is 14.5 Å². The van der Waals surface area contributed by atoms with E-state index in [1.165, 1.54) is 5.56 Å². The Morgan fingerprint density at radius 3 is 2.90 bits per heavy atom. The lowest BCUT2D eigenvalue weighted by Gasteiger charge is -2.32. The highest BCUT2D eigenvalue weighted by molar-refractivity contribution is 5.74. The molecule has 1 unspecified atom stereocenters. The molecule has 0 spiro atoms. The van der Waals surface area contributed by atoms with Crippen LogP contribution in [0, 0.1) is 0 Å². The van der Waals surface area contributed by atoms with E-state index in [0.29, 0.717) is 0 Å². The molecular formula is C15H21N3O2. The van der Waals surface area contributed by atoms with Crippen LogP contribution < -0.4 is 4.90 Å². The summed E-state index contributed by atoms with van der Waals surface area (Å²) >= 11 is 0. The van der Waals surface area contributed by atoms with Gasteiger partial charge in [0.05, 0.1) is 19.3 Å². The predicted molar refractivity (Wildman–Crippen MR) is 76.6 cm³/mol. The smallest absolute Gasteiger partial charge is 0.219 e. The highest BCUT2D eigenvalue weighted by atomic mass is 16.5. The topological polar surface area (TPSA) is 45.7 Å². The highest BCUT2D eigenvalue weighted by Crippen LogP contribution is 2.36. The van der Waals surface area contributed by atoms with E-state index in [4.69, 9.17) is 4.74 Å². The number of aromatic nitrogens is 1. The molecule has 0 radical (unpaired) electrons. The number of morpholine rings is 1. The first-order valence-electron chi connectivity index (χ1n) is 7.32. The highest BCUT2D eigenvalue weighted by Gasteiger charge is 2.31. The summed E-state index contributed by atoms with van der Waals surface area (Å²) in [6.07, 6.45) is 3.94. The summed E-state index contributed by atoms with van der Waals surface area (Å²) in [4.78, 5) is 20.6. The van der Waals surface area contributed by atoms with Crippen molar-refractivity contribution in [3.63, 3.8) is 0 Å². The molecule has 20 heavy (non-hydrogen) atoms. The number of amides is 1. The van der Waals surface area contributed by atoms with Gasteiger partial charge in [-0.15, -0.1) is 0 Å². The molecule has 0 bridgehead atoms. The van der Waals surface area contributed by atoms with Crippen LogP contribution in [-0.4, -0.2) is 48.6 Å². The first kappa shape index (κ1) is 13.4. The third-order valence-electron chi connectivity index (χ3n) is 4.14. The lowest BCUT2D eigenvalue weighted by molar-refractivity contribution is -0.129. The Hall–Kier alpha value is -1.62. The number of ether oxygens (including phenoxy) is 1. The standard InChI is InChI=1S/C15H21N3O2/c1-12(19)18-7-3-5-14(18)13-4-2-6-16-15(13)17-8-10-20-11-9-17/h2,4,6,14H,3,5,7-11H2,1H3. The molecule has 1 aromatic rings. The van der Waals surface area contributed by atoms with E-state index in [1.54, 1.807) is 6.92 Å². The molecule has 0 N–H and O–H groups in total. The van der Waals surface area contributed by atoms with E-state index in [1.807, 2.05) is 17.2 Å². The summed E-state index contributed by atoms with van der Waals surface area (Å²) < 4.78 is 5.41. The molecule has 0 aliphatic carbocycles. The van der Waals surface area contributed by atoms with Crippen molar-refractivity contribution >= 4 is 11.7 Å². The Kier molecular flexibility index (Phi) is 3.87. The van der Waals surface area contributed by atoms with Gasteiger partial charge in [-0.05, 0) is 18.9 Å². The fourth-order valence-corrected chi connectivity index (χ4v) is 3.18. The van der Waals surface area contributed by atoms with Crippen molar-refractivity contribution in [1.82, 2.24) is 9.88 Å². The molecule has 1 aromatic heterocycles. The van der Waals surface area contributed by atoms with Gasteiger partial charge in [-0.3, -0.25) is 4.79 Å². The van der Waals surface area contributed by atoms with Crippen LogP contribution in [0.4, 0.5) is 5.82 Å². The summed E-state index contributed by atoms with van der Waals surface area (Å²) in [5.74, 6) is 1.18. The van der Waals surface area contributed by atoms with Crippen molar-refractivity contribution in [2.45, 2.75) is 25.8 Å². The maximum Gasteiger partial charge on any atom is 0.219 e. The predicted octanol–water partition coefficient (Wildman–Crippen LogP) is 1.60. The lowest BCUT2D eigenvalue weighted by atomic mass is 10.0. The molecule has 3 heterocycles. The third kappa shape index (κ3) is 2.50. The monoisotopic (exact) mass is 275 g/mol. The number of pyridine rings is 1. The van der Waals surface area contributed by atoms with Crippen LogP contribution in [-0.2, 0) is 9.53 Å². The van der Waals surface area contributed by atoms with Gasteiger partial charge in [-0.2, -0.15) is 0 Å². The molecule has 1 atom stereocenters. The van der Waals surface area contributed by atoms with Crippen molar-refractivity contribution in [3.8, 4) is 0 Å². The van der Waals surface area contributed by atoms with Crippen LogP contribution in [0.1, 0.15) is 31.4 Å². The quantitative estimate of drug-likeness (QED) is 0.822. The summed E-state index contributed by atoms with van der Waals surface area (Å²) in [7, 11) is 0. The average Bonchev–Trinajstić information content (AvgIpc) is 2.98. The Morgan fingerprint density at radius 2 is 2.15 bits per heavy atom. The van der Waals surface area contributed by atoms with Gasteiger partial charge in [0.1, 0.15) is 5.82 Å². The Bertz CT molecular complexity index is 486. The molecule has 3 rings (SSSR count). The van der Waals surface area contributed by atoms with Gasteiger partial charge in [0.25, 0.3) is 0 Å². The molecule has 5 heteroatoms. The number of carbonyl (C=O) groups is 1. The van der Waals surface area contributed by atoms with Gasteiger partial charge >= 0.3 is 0 Å². The third-order valence-corrected chi connectivity index (χ3v) is 4.14. The molecule has 2 aliphatic rings. The first-order valence-corrected chi connectivity index (χ1v) is 7.32. The maximum absolute atomic E-state index is 11.8. The van der Waals surface area contributed by atoms with E-state index in [-0.39, 0.29) is 11.9 Å². The Labute approximate surface area is 119 Å². The molecule has 108 valence electrons. The van der Waals surface area contributed by atoms with Gasteiger partial charge in [0.2, 0.25) is 5.91 Å². The van der Waals surface area contributed by atoms with Crippen molar-refractivity contribution in [1.29, 1.82) is 0 Å². The molecule has 5 nitrogen and oxygen atoms in total.